The molecule has 0 saturated carbocycles. The summed E-state index contributed by atoms with van der Waals surface area (Å²) in [7, 11) is 1.44. The van der Waals surface area contributed by atoms with E-state index >= 15 is 0 Å². The van der Waals surface area contributed by atoms with E-state index in [1.807, 2.05) is 6.07 Å². The van der Waals surface area contributed by atoms with Crippen LogP contribution in [0.2, 0.25) is 0 Å². The fourth-order valence-electron chi connectivity index (χ4n) is 1.90. The van der Waals surface area contributed by atoms with E-state index in [1.54, 1.807) is 26.0 Å². The Balaban J connectivity index is 2.59. The zero-order valence-electron chi connectivity index (χ0n) is 13.4. The van der Waals surface area contributed by atoms with E-state index < -0.39 is 11.5 Å². The van der Waals surface area contributed by atoms with Crippen molar-refractivity contribution < 1.29 is 24.2 Å². The minimum Gasteiger partial charge on any atom is -0.493 e. The smallest absolute Gasteiger partial charge is 0.303 e. The van der Waals surface area contributed by atoms with Gasteiger partial charge in [0.05, 0.1) is 18.7 Å². The quantitative estimate of drug-likeness (QED) is 0.754. The van der Waals surface area contributed by atoms with Gasteiger partial charge in [0, 0.05) is 18.0 Å². The van der Waals surface area contributed by atoms with Crippen molar-refractivity contribution in [3.8, 4) is 17.6 Å². The number of carboxylic acid groups (broad SMARTS) is 1. The Hall–Kier alpha value is -2.75. The highest BCUT2D eigenvalue weighted by molar-refractivity contribution is 5.78. The first-order chi connectivity index (χ1) is 10.8. The number of ether oxygens (including phenoxy) is 2. The first-order valence-electron chi connectivity index (χ1n) is 7.01. The van der Waals surface area contributed by atoms with Crippen molar-refractivity contribution in [3.05, 3.63) is 23.8 Å². The molecule has 0 bridgehead atoms. The van der Waals surface area contributed by atoms with E-state index in [0.29, 0.717) is 23.5 Å². The molecule has 0 aliphatic carbocycles. The zero-order chi connectivity index (χ0) is 17.5. The largest absolute Gasteiger partial charge is 0.493 e. The van der Waals surface area contributed by atoms with Crippen molar-refractivity contribution in [2.24, 2.45) is 0 Å². The Kier molecular flexibility index (Phi) is 6.39. The van der Waals surface area contributed by atoms with Crippen LogP contribution in [-0.4, -0.2) is 36.2 Å². The number of benzene rings is 1. The lowest BCUT2D eigenvalue weighted by Crippen LogP contribution is -2.45. The Labute approximate surface area is 134 Å². The molecule has 0 fully saturated rings. The number of carbonyl (C=O) groups is 2. The predicted molar refractivity (Wildman–Crippen MR) is 82.3 cm³/mol. The number of amides is 1. The number of hydrogen-bond acceptors (Lipinski definition) is 5. The van der Waals surface area contributed by atoms with Crippen LogP contribution in [0.1, 0.15) is 32.3 Å². The summed E-state index contributed by atoms with van der Waals surface area (Å²) in [4.78, 5) is 22.5. The highest BCUT2D eigenvalue weighted by Crippen LogP contribution is 2.27. The number of hydrogen-bond donors (Lipinski definition) is 2. The van der Waals surface area contributed by atoms with Gasteiger partial charge >= 0.3 is 5.97 Å². The van der Waals surface area contributed by atoms with Crippen LogP contribution in [0, 0.1) is 11.3 Å². The van der Waals surface area contributed by atoms with Crippen LogP contribution in [0.4, 0.5) is 0 Å². The molecule has 124 valence electrons. The van der Waals surface area contributed by atoms with Crippen molar-refractivity contribution in [3.63, 3.8) is 0 Å². The molecule has 7 nitrogen and oxygen atoms in total. The van der Waals surface area contributed by atoms with Crippen molar-refractivity contribution in [1.29, 1.82) is 5.26 Å². The SMILES string of the molecule is COc1cc(C#N)ccc1OCC(=O)NC(C)(C)CCC(=O)O. The summed E-state index contributed by atoms with van der Waals surface area (Å²) in [6, 6.07) is 6.62. The number of methoxy groups -OCH3 is 1. The number of aliphatic carboxylic acids is 1. The van der Waals surface area contributed by atoms with Crippen LogP contribution in [0.25, 0.3) is 0 Å². The van der Waals surface area contributed by atoms with Gasteiger partial charge in [-0.2, -0.15) is 5.26 Å². The average molecular weight is 320 g/mol. The molecular weight excluding hydrogens is 300 g/mol. The third-order valence-corrected chi connectivity index (χ3v) is 3.09. The van der Waals surface area contributed by atoms with Gasteiger partial charge in [-0.3, -0.25) is 9.59 Å². The van der Waals surface area contributed by atoms with Crippen molar-refractivity contribution in [2.45, 2.75) is 32.2 Å². The van der Waals surface area contributed by atoms with Gasteiger partial charge in [0.15, 0.2) is 18.1 Å². The number of nitrogens with zero attached hydrogens (tertiary/aromatic N) is 1. The average Bonchev–Trinajstić information content (AvgIpc) is 2.50. The Morgan fingerprint density at radius 3 is 2.61 bits per heavy atom. The zero-order valence-corrected chi connectivity index (χ0v) is 13.4. The predicted octanol–water partition coefficient (Wildman–Crippen LogP) is 1.71. The number of nitriles is 1. The van der Waals surface area contributed by atoms with E-state index in [0.717, 1.165) is 0 Å². The van der Waals surface area contributed by atoms with Gasteiger partial charge in [0.25, 0.3) is 5.91 Å². The standard InChI is InChI=1S/C16H20N2O5/c1-16(2,7-6-15(20)21)18-14(19)10-23-12-5-4-11(9-17)8-13(12)22-3/h4-5,8H,6-7,10H2,1-3H3,(H,18,19)(H,20,21). The lowest BCUT2D eigenvalue weighted by molar-refractivity contribution is -0.138. The molecule has 0 aromatic heterocycles. The van der Waals surface area contributed by atoms with Crippen molar-refractivity contribution >= 4 is 11.9 Å². The summed E-state index contributed by atoms with van der Waals surface area (Å²) in [5, 5.41) is 20.2. The molecule has 0 aliphatic heterocycles. The maximum Gasteiger partial charge on any atom is 0.303 e. The molecule has 0 saturated heterocycles. The molecule has 1 amide bonds. The second kappa shape index (κ2) is 8.03. The van der Waals surface area contributed by atoms with Gasteiger partial charge < -0.3 is 19.9 Å². The Morgan fingerprint density at radius 1 is 1.35 bits per heavy atom. The minimum absolute atomic E-state index is 0.0302. The van der Waals surface area contributed by atoms with E-state index in [4.69, 9.17) is 19.8 Å². The van der Waals surface area contributed by atoms with Crippen LogP contribution >= 0.6 is 0 Å². The monoisotopic (exact) mass is 320 g/mol. The molecule has 1 aromatic rings. The second-order valence-corrected chi connectivity index (χ2v) is 5.59. The van der Waals surface area contributed by atoms with Crippen LogP contribution in [0.5, 0.6) is 11.5 Å². The summed E-state index contributed by atoms with van der Waals surface area (Å²) in [6.45, 7) is 3.25. The topological polar surface area (TPSA) is 109 Å². The van der Waals surface area contributed by atoms with Gasteiger partial charge in [-0.15, -0.1) is 0 Å². The van der Waals surface area contributed by atoms with Gasteiger partial charge in [-0.1, -0.05) is 0 Å². The van der Waals surface area contributed by atoms with Crippen LogP contribution in [0.15, 0.2) is 18.2 Å². The third-order valence-electron chi connectivity index (χ3n) is 3.09. The van der Waals surface area contributed by atoms with Crippen LogP contribution in [-0.2, 0) is 9.59 Å². The van der Waals surface area contributed by atoms with Gasteiger partial charge in [0.2, 0.25) is 0 Å². The van der Waals surface area contributed by atoms with Crippen molar-refractivity contribution in [1.82, 2.24) is 5.32 Å². The molecule has 2 N–H and O–H groups in total. The molecular formula is C16H20N2O5. The molecule has 23 heavy (non-hydrogen) atoms. The van der Waals surface area contributed by atoms with Crippen LogP contribution in [0.3, 0.4) is 0 Å². The van der Waals surface area contributed by atoms with Crippen molar-refractivity contribution in [2.75, 3.05) is 13.7 Å². The molecule has 1 rings (SSSR count). The van der Waals surface area contributed by atoms with Gasteiger partial charge in [0.1, 0.15) is 0 Å². The Morgan fingerprint density at radius 2 is 2.04 bits per heavy atom. The third kappa shape index (κ3) is 6.26. The first-order valence-corrected chi connectivity index (χ1v) is 7.01. The molecule has 0 unspecified atom stereocenters. The van der Waals surface area contributed by atoms with E-state index in [2.05, 4.69) is 5.32 Å². The van der Waals surface area contributed by atoms with E-state index in [1.165, 1.54) is 13.2 Å². The normalized spacial score (nSPS) is 10.5. The van der Waals surface area contributed by atoms with E-state index in [-0.39, 0.29) is 18.9 Å². The van der Waals surface area contributed by atoms with Crippen LogP contribution < -0.4 is 14.8 Å². The van der Waals surface area contributed by atoms with E-state index in [9.17, 15) is 9.59 Å². The Bertz CT molecular complexity index is 619. The molecule has 7 heteroatoms. The number of rotatable bonds is 8. The fourth-order valence-corrected chi connectivity index (χ4v) is 1.90. The number of carbonyl (C=O) groups excluding carboxylic acids is 1. The first kappa shape index (κ1) is 18.3. The van der Waals surface area contributed by atoms with Gasteiger partial charge in [-0.25, -0.2) is 0 Å². The molecule has 0 aliphatic rings. The molecule has 0 heterocycles. The lowest BCUT2D eigenvalue weighted by Gasteiger charge is -2.25. The lowest BCUT2D eigenvalue weighted by atomic mass is 9.98. The summed E-state index contributed by atoms with van der Waals surface area (Å²) < 4.78 is 10.5. The summed E-state index contributed by atoms with van der Waals surface area (Å²) in [5.41, 5.74) is -0.221. The number of nitrogens with one attached hydrogen (secondary N) is 1. The fraction of sp³-hybridized carbons (Fsp3) is 0.438. The molecule has 0 atom stereocenters. The molecule has 0 spiro atoms. The minimum atomic E-state index is -0.911. The molecule has 0 radical (unpaired) electrons. The molecule has 1 aromatic carbocycles. The highest BCUT2D eigenvalue weighted by atomic mass is 16.5. The summed E-state index contributed by atoms with van der Waals surface area (Å²) >= 11 is 0. The summed E-state index contributed by atoms with van der Waals surface area (Å²) in [6.07, 6.45) is 0.284. The maximum atomic E-state index is 11.9. The second-order valence-electron chi connectivity index (χ2n) is 5.59. The summed E-state index contributed by atoms with van der Waals surface area (Å²) in [5.74, 6) is -0.565. The van der Waals surface area contributed by atoms with Gasteiger partial charge in [-0.05, 0) is 32.4 Å². The maximum absolute atomic E-state index is 11.9. The highest BCUT2D eigenvalue weighted by Gasteiger charge is 2.22. The number of carboxylic acids is 1.